The summed E-state index contributed by atoms with van der Waals surface area (Å²) < 4.78 is 60.3. The van der Waals surface area contributed by atoms with E-state index in [1.54, 1.807) is 30.3 Å². The molecular formula is C31H29F4IN2O5. The van der Waals surface area contributed by atoms with Crippen molar-refractivity contribution in [2.45, 2.75) is 37.3 Å². The minimum absolute atomic E-state index is 0.0285. The number of nitrogens with one attached hydrogen (secondary N) is 1. The molecule has 1 aliphatic carbocycles. The van der Waals surface area contributed by atoms with Crippen LogP contribution in [0.2, 0.25) is 0 Å². The summed E-state index contributed by atoms with van der Waals surface area (Å²) in [7, 11) is 0. The van der Waals surface area contributed by atoms with Crippen LogP contribution in [-0.4, -0.2) is 64.9 Å². The highest BCUT2D eigenvalue weighted by Crippen LogP contribution is 2.32. The number of benzene rings is 3. The molecule has 0 heterocycles. The average molecular weight is 712 g/mol. The fourth-order valence-electron chi connectivity index (χ4n) is 4.79. The standard InChI is InChI=1S/C31H29F4IN2O5/c32-23-5-3-4-19(16-23)12-14-38(30(42)20-8-10-22(11-9-20)31(33,34)35)25-17-21(29(41)37-13-15-39)18-27(28(25)40)43-26-7-2-1-6-24(26)36/h1-11,16,18,25,27-28,39-40H,12-15,17H2,(H,37,41). The molecule has 3 aromatic carbocycles. The Labute approximate surface area is 259 Å². The van der Waals surface area contributed by atoms with Crippen LogP contribution in [0.4, 0.5) is 17.6 Å². The number of aliphatic hydroxyl groups is 2. The highest BCUT2D eigenvalue weighted by atomic mass is 127. The van der Waals surface area contributed by atoms with Crippen LogP contribution in [0.1, 0.15) is 27.9 Å². The van der Waals surface area contributed by atoms with Crippen molar-refractivity contribution in [3.8, 4) is 5.75 Å². The molecule has 0 saturated heterocycles. The van der Waals surface area contributed by atoms with Crippen molar-refractivity contribution in [3.63, 3.8) is 0 Å². The second-order valence-electron chi connectivity index (χ2n) is 9.90. The van der Waals surface area contributed by atoms with Crippen molar-refractivity contribution in [1.29, 1.82) is 0 Å². The van der Waals surface area contributed by atoms with E-state index in [-0.39, 0.29) is 43.7 Å². The van der Waals surface area contributed by atoms with Crippen molar-refractivity contribution in [2.24, 2.45) is 0 Å². The first-order chi connectivity index (χ1) is 20.5. The molecule has 228 valence electrons. The van der Waals surface area contributed by atoms with E-state index >= 15 is 0 Å². The summed E-state index contributed by atoms with van der Waals surface area (Å²) in [5, 5.41) is 23.3. The molecule has 2 amide bonds. The molecule has 1 aliphatic rings. The van der Waals surface area contributed by atoms with Gasteiger partial charge in [-0.05, 0) is 89.2 Å². The van der Waals surface area contributed by atoms with Crippen molar-refractivity contribution in [1.82, 2.24) is 10.2 Å². The number of aliphatic hydroxyl groups excluding tert-OH is 2. The molecule has 4 rings (SSSR count). The van der Waals surface area contributed by atoms with E-state index < -0.39 is 47.6 Å². The SMILES string of the molecule is O=C(NCCO)C1=CC(Oc2ccccc2I)C(O)C(N(CCc2cccc(F)c2)C(=O)c2ccc(C(F)(F)F)cc2)C1. The maximum absolute atomic E-state index is 13.9. The lowest BCUT2D eigenvalue weighted by atomic mass is 9.87. The minimum Gasteiger partial charge on any atom is -0.482 e. The Morgan fingerprint density at radius 3 is 2.42 bits per heavy atom. The maximum Gasteiger partial charge on any atom is 0.416 e. The summed E-state index contributed by atoms with van der Waals surface area (Å²) in [6.45, 7) is -0.384. The Morgan fingerprint density at radius 1 is 1.05 bits per heavy atom. The summed E-state index contributed by atoms with van der Waals surface area (Å²) in [6, 6.07) is 15.4. The number of alkyl halides is 3. The van der Waals surface area contributed by atoms with Gasteiger partial charge in [0.15, 0.2) is 0 Å². The van der Waals surface area contributed by atoms with Crippen LogP contribution < -0.4 is 10.1 Å². The topological polar surface area (TPSA) is 99.1 Å². The Hall–Kier alpha value is -3.49. The molecule has 3 unspecified atom stereocenters. The Balaban J connectivity index is 1.71. The van der Waals surface area contributed by atoms with E-state index in [1.165, 1.54) is 29.2 Å². The van der Waals surface area contributed by atoms with Gasteiger partial charge in [0.2, 0.25) is 5.91 Å². The molecule has 43 heavy (non-hydrogen) atoms. The van der Waals surface area contributed by atoms with Gasteiger partial charge >= 0.3 is 6.18 Å². The quantitative estimate of drug-likeness (QED) is 0.208. The lowest BCUT2D eigenvalue weighted by Gasteiger charge is -2.40. The van der Waals surface area contributed by atoms with Crippen LogP contribution in [0.25, 0.3) is 0 Å². The van der Waals surface area contributed by atoms with E-state index in [0.717, 1.165) is 27.8 Å². The number of carbonyl (C=O) groups is 2. The fourth-order valence-corrected chi connectivity index (χ4v) is 5.31. The van der Waals surface area contributed by atoms with Crippen LogP contribution in [0, 0.1) is 9.39 Å². The van der Waals surface area contributed by atoms with Crippen LogP contribution in [-0.2, 0) is 17.4 Å². The second-order valence-corrected chi connectivity index (χ2v) is 11.1. The van der Waals surface area contributed by atoms with Gasteiger partial charge in [0.1, 0.15) is 23.8 Å². The van der Waals surface area contributed by atoms with Crippen LogP contribution in [0.5, 0.6) is 5.75 Å². The minimum atomic E-state index is -4.60. The first-order valence-electron chi connectivity index (χ1n) is 13.4. The number of hydrogen-bond donors (Lipinski definition) is 3. The van der Waals surface area contributed by atoms with Gasteiger partial charge in [-0.3, -0.25) is 9.59 Å². The van der Waals surface area contributed by atoms with E-state index in [9.17, 15) is 37.4 Å². The molecule has 0 aromatic heterocycles. The van der Waals surface area contributed by atoms with Crippen molar-refractivity contribution < 1.29 is 42.1 Å². The molecule has 0 saturated carbocycles. The third kappa shape index (κ3) is 8.33. The zero-order valence-electron chi connectivity index (χ0n) is 22.7. The first kappa shape index (κ1) is 32.4. The molecular weight excluding hydrogens is 683 g/mol. The van der Waals surface area contributed by atoms with E-state index in [1.807, 2.05) is 0 Å². The zero-order valence-corrected chi connectivity index (χ0v) is 24.9. The number of hydrogen-bond acceptors (Lipinski definition) is 5. The predicted molar refractivity (Wildman–Crippen MR) is 159 cm³/mol. The van der Waals surface area contributed by atoms with Crippen molar-refractivity contribution in [2.75, 3.05) is 19.7 Å². The van der Waals surface area contributed by atoms with Crippen molar-refractivity contribution >= 4 is 34.4 Å². The lowest BCUT2D eigenvalue weighted by molar-refractivity contribution is -0.137. The summed E-state index contributed by atoms with van der Waals surface area (Å²) in [6.07, 6.45) is -5.52. The summed E-state index contributed by atoms with van der Waals surface area (Å²) in [4.78, 5) is 28.2. The summed E-state index contributed by atoms with van der Waals surface area (Å²) >= 11 is 2.06. The molecule has 0 spiro atoms. The van der Waals surface area contributed by atoms with Gasteiger partial charge in [0, 0.05) is 30.6 Å². The van der Waals surface area contributed by atoms with Gasteiger partial charge in [0.25, 0.3) is 5.91 Å². The number of nitrogens with zero attached hydrogens (tertiary/aromatic N) is 1. The van der Waals surface area contributed by atoms with Gasteiger partial charge < -0.3 is 25.2 Å². The first-order valence-corrected chi connectivity index (χ1v) is 14.5. The number of halogens is 5. The maximum atomic E-state index is 13.9. The third-order valence-electron chi connectivity index (χ3n) is 6.96. The van der Waals surface area contributed by atoms with Gasteiger partial charge in [-0.1, -0.05) is 24.3 Å². The molecule has 0 fully saturated rings. The van der Waals surface area contributed by atoms with Crippen molar-refractivity contribution in [3.05, 3.63) is 111 Å². The molecule has 3 N–H and O–H groups in total. The zero-order chi connectivity index (χ0) is 31.1. The number of amides is 2. The van der Waals surface area contributed by atoms with Gasteiger partial charge in [-0.2, -0.15) is 13.2 Å². The molecule has 12 heteroatoms. The van der Waals surface area contributed by atoms with E-state index in [0.29, 0.717) is 11.3 Å². The smallest absolute Gasteiger partial charge is 0.416 e. The van der Waals surface area contributed by atoms with Crippen LogP contribution >= 0.6 is 22.6 Å². The Morgan fingerprint density at radius 2 is 1.77 bits per heavy atom. The Kier molecular flexibility index (Phi) is 10.8. The number of ether oxygens (including phenoxy) is 1. The lowest BCUT2D eigenvalue weighted by Crippen LogP contribution is -2.55. The number of rotatable bonds is 10. The third-order valence-corrected chi connectivity index (χ3v) is 7.86. The normalized spacial score (nSPS) is 18.5. The highest BCUT2D eigenvalue weighted by molar-refractivity contribution is 14.1. The highest BCUT2D eigenvalue weighted by Gasteiger charge is 2.41. The summed E-state index contributed by atoms with van der Waals surface area (Å²) in [5.74, 6) is -1.26. The van der Waals surface area contributed by atoms with Gasteiger partial charge in [0.05, 0.1) is 21.8 Å². The predicted octanol–water partition coefficient (Wildman–Crippen LogP) is 4.75. The molecule has 0 aliphatic heterocycles. The number of para-hydroxylation sites is 1. The van der Waals surface area contributed by atoms with E-state index in [2.05, 4.69) is 27.9 Å². The van der Waals surface area contributed by atoms with Gasteiger partial charge in [-0.25, -0.2) is 4.39 Å². The molecule has 3 atom stereocenters. The Bertz CT molecular complexity index is 1470. The van der Waals surface area contributed by atoms with Gasteiger partial charge in [-0.15, -0.1) is 0 Å². The van der Waals surface area contributed by atoms with E-state index in [4.69, 9.17) is 4.74 Å². The molecule has 0 radical (unpaired) electrons. The fraction of sp³-hybridized carbons (Fsp3) is 0.290. The molecule has 7 nitrogen and oxygen atoms in total. The van der Waals surface area contributed by atoms with Crippen LogP contribution in [0.3, 0.4) is 0 Å². The largest absolute Gasteiger partial charge is 0.482 e. The van der Waals surface area contributed by atoms with Crippen LogP contribution in [0.15, 0.2) is 84.4 Å². The second kappa shape index (κ2) is 14.3. The monoisotopic (exact) mass is 712 g/mol. The number of carbonyl (C=O) groups excluding carboxylic acids is 2. The molecule has 3 aromatic rings. The molecule has 0 bridgehead atoms. The summed E-state index contributed by atoms with van der Waals surface area (Å²) in [5.41, 5.74) is -0.241. The average Bonchev–Trinajstić information content (AvgIpc) is 2.98.